The van der Waals surface area contributed by atoms with Crippen molar-refractivity contribution in [3.63, 3.8) is 0 Å². The van der Waals surface area contributed by atoms with Crippen LogP contribution >= 0.6 is 0 Å². The average molecular weight is 249 g/mol. The first-order valence-electron chi connectivity index (χ1n) is 5.46. The van der Waals surface area contributed by atoms with Gasteiger partial charge in [-0.2, -0.15) is 0 Å². The molecule has 0 atom stereocenters. The first kappa shape index (κ1) is 12.2. The van der Waals surface area contributed by atoms with E-state index in [2.05, 4.69) is 5.32 Å². The van der Waals surface area contributed by atoms with E-state index in [4.69, 9.17) is 9.52 Å². The number of phenolic OH excluding ortho intramolecular Hbond substituents is 1. The molecule has 1 aromatic heterocycles. The van der Waals surface area contributed by atoms with Crippen LogP contribution in [0.1, 0.15) is 12.2 Å². The molecule has 2 N–H and O–H groups in total. The molecule has 1 amide bonds. The summed E-state index contributed by atoms with van der Waals surface area (Å²) in [5, 5.41) is 11.5. The molecule has 0 aliphatic carbocycles. The number of carbonyl (C=O) groups is 1. The average Bonchev–Trinajstić information content (AvgIpc) is 2.84. The Morgan fingerprint density at radius 2 is 2.22 bits per heavy atom. The summed E-state index contributed by atoms with van der Waals surface area (Å²) in [6.45, 7) is 0. The summed E-state index contributed by atoms with van der Waals surface area (Å²) in [6, 6.07) is 7.23. The van der Waals surface area contributed by atoms with Crippen molar-refractivity contribution in [3.8, 4) is 5.75 Å². The minimum absolute atomic E-state index is 0.239. The molecule has 1 heterocycles. The number of carbonyl (C=O) groups excluding carboxylic acids is 1. The topological polar surface area (TPSA) is 62.5 Å². The Kier molecular flexibility index (Phi) is 3.62. The van der Waals surface area contributed by atoms with Crippen molar-refractivity contribution < 1.29 is 18.7 Å². The fourth-order valence-electron chi connectivity index (χ4n) is 1.50. The Labute approximate surface area is 103 Å². The van der Waals surface area contributed by atoms with Gasteiger partial charge in [-0.05, 0) is 24.3 Å². The number of aromatic hydroxyl groups is 1. The number of phenols is 1. The van der Waals surface area contributed by atoms with Crippen molar-refractivity contribution >= 4 is 11.6 Å². The fraction of sp³-hybridized carbons (Fsp3) is 0.154. The third kappa shape index (κ3) is 3.10. The molecule has 1 aromatic carbocycles. The molecule has 0 radical (unpaired) electrons. The van der Waals surface area contributed by atoms with Gasteiger partial charge in [0, 0.05) is 24.6 Å². The van der Waals surface area contributed by atoms with Crippen LogP contribution in [0.2, 0.25) is 0 Å². The van der Waals surface area contributed by atoms with Crippen molar-refractivity contribution in [2.75, 3.05) is 5.32 Å². The van der Waals surface area contributed by atoms with Crippen LogP contribution in [0.4, 0.5) is 10.1 Å². The second-order valence-corrected chi connectivity index (χ2v) is 3.79. The minimum Gasteiger partial charge on any atom is -0.505 e. The highest BCUT2D eigenvalue weighted by molar-refractivity contribution is 5.90. The zero-order valence-electron chi connectivity index (χ0n) is 9.52. The smallest absolute Gasteiger partial charge is 0.224 e. The van der Waals surface area contributed by atoms with Gasteiger partial charge in [-0.1, -0.05) is 0 Å². The molecule has 0 bridgehead atoms. The van der Waals surface area contributed by atoms with Gasteiger partial charge in [0.2, 0.25) is 5.91 Å². The second-order valence-electron chi connectivity index (χ2n) is 3.79. The maximum atomic E-state index is 13.0. The van der Waals surface area contributed by atoms with Gasteiger partial charge in [0.15, 0.2) is 11.6 Å². The van der Waals surface area contributed by atoms with E-state index >= 15 is 0 Å². The fourth-order valence-corrected chi connectivity index (χ4v) is 1.50. The molecule has 0 spiro atoms. The van der Waals surface area contributed by atoms with E-state index in [9.17, 15) is 9.18 Å². The first-order chi connectivity index (χ1) is 8.65. The molecule has 0 aliphatic heterocycles. The molecular formula is C13H12FNO3. The highest BCUT2D eigenvalue weighted by Crippen LogP contribution is 2.19. The van der Waals surface area contributed by atoms with Crippen LogP contribution in [0.5, 0.6) is 5.75 Å². The molecule has 2 rings (SSSR count). The van der Waals surface area contributed by atoms with Crippen LogP contribution in [-0.4, -0.2) is 11.0 Å². The third-order valence-corrected chi connectivity index (χ3v) is 2.41. The number of amides is 1. The maximum absolute atomic E-state index is 13.0. The minimum atomic E-state index is -0.765. The van der Waals surface area contributed by atoms with Crippen LogP contribution in [0.25, 0.3) is 0 Å². The lowest BCUT2D eigenvalue weighted by Crippen LogP contribution is -2.12. The molecule has 5 heteroatoms. The molecule has 0 saturated heterocycles. The van der Waals surface area contributed by atoms with Crippen molar-refractivity contribution in [1.29, 1.82) is 0 Å². The number of aryl methyl sites for hydroxylation is 1. The molecule has 0 aliphatic rings. The van der Waals surface area contributed by atoms with Crippen molar-refractivity contribution in [2.45, 2.75) is 12.8 Å². The largest absolute Gasteiger partial charge is 0.505 e. The van der Waals surface area contributed by atoms with E-state index in [-0.39, 0.29) is 12.3 Å². The van der Waals surface area contributed by atoms with E-state index < -0.39 is 11.6 Å². The highest BCUT2D eigenvalue weighted by Gasteiger charge is 2.06. The first-order valence-corrected chi connectivity index (χ1v) is 5.46. The van der Waals surface area contributed by atoms with Crippen molar-refractivity contribution in [3.05, 3.63) is 48.2 Å². The molecule has 0 fully saturated rings. The Hall–Kier alpha value is -2.30. The predicted octanol–water partition coefficient (Wildman–Crippen LogP) is 2.70. The summed E-state index contributed by atoms with van der Waals surface area (Å²) < 4.78 is 18.1. The molecule has 0 unspecified atom stereocenters. The van der Waals surface area contributed by atoms with E-state index in [1.165, 1.54) is 12.1 Å². The molecule has 18 heavy (non-hydrogen) atoms. The quantitative estimate of drug-likeness (QED) is 0.819. The Morgan fingerprint density at radius 3 is 2.89 bits per heavy atom. The zero-order chi connectivity index (χ0) is 13.0. The SMILES string of the molecule is O=C(CCc1ccco1)Nc1ccc(O)c(F)c1. The van der Waals surface area contributed by atoms with E-state index in [0.29, 0.717) is 12.1 Å². The Balaban J connectivity index is 1.88. The van der Waals surface area contributed by atoms with Gasteiger partial charge in [0.05, 0.1) is 6.26 Å². The monoisotopic (exact) mass is 249 g/mol. The number of halogens is 1. The molecule has 94 valence electrons. The van der Waals surface area contributed by atoms with Crippen LogP contribution in [0, 0.1) is 5.82 Å². The maximum Gasteiger partial charge on any atom is 0.224 e. The summed E-state index contributed by atoms with van der Waals surface area (Å²) in [5.74, 6) is -0.721. The van der Waals surface area contributed by atoms with Gasteiger partial charge in [0.1, 0.15) is 5.76 Å². The van der Waals surface area contributed by atoms with Gasteiger partial charge < -0.3 is 14.8 Å². The van der Waals surface area contributed by atoms with Crippen molar-refractivity contribution in [2.24, 2.45) is 0 Å². The predicted molar refractivity (Wildman–Crippen MR) is 63.7 cm³/mol. The number of rotatable bonds is 4. The third-order valence-electron chi connectivity index (χ3n) is 2.41. The van der Waals surface area contributed by atoms with Gasteiger partial charge in [-0.15, -0.1) is 0 Å². The second kappa shape index (κ2) is 5.35. The summed E-state index contributed by atoms with van der Waals surface area (Å²) in [6.07, 6.45) is 2.28. The summed E-state index contributed by atoms with van der Waals surface area (Å²) >= 11 is 0. The van der Waals surface area contributed by atoms with Gasteiger partial charge in [-0.3, -0.25) is 4.79 Å². The van der Waals surface area contributed by atoms with Gasteiger partial charge in [0.25, 0.3) is 0 Å². The van der Waals surface area contributed by atoms with Crippen LogP contribution in [0.15, 0.2) is 41.0 Å². The van der Waals surface area contributed by atoms with Crippen LogP contribution in [-0.2, 0) is 11.2 Å². The molecular weight excluding hydrogens is 237 g/mol. The highest BCUT2D eigenvalue weighted by atomic mass is 19.1. The van der Waals surface area contributed by atoms with Crippen molar-refractivity contribution in [1.82, 2.24) is 0 Å². The van der Waals surface area contributed by atoms with Crippen LogP contribution in [0.3, 0.4) is 0 Å². The Morgan fingerprint density at radius 1 is 1.39 bits per heavy atom. The molecule has 4 nitrogen and oxygen atoms in total. The number of anilines is 1. The lowest BCUT2D eigenvalue weighted by molar-refractivity contribution is -0.116. The summed E-state index contributed by atoms with van der Waals surface area (Å²) in [4.78, 5) is 11.6. The van der Waals surface area contributed by atoms with Gasteiger partial charge >= 0.3 is 0 Å². The summed E-state index contributed by atoms with van der Waals surface area (Å²) in [7, 11) is 0. The Bertz CT molecular complexity index is 537. The normalized spacial score (nSPS) is 10.3. The summed E-state index contributed by atoms with van der Waals surface area (Å²) in [5.41, 5.74) is 0.315. The molecule has 2 aromatic rings. The zero-order valence-corrected chi connectivity index (χ0v) is 9.52. The number of benzene rings is 1. The number of nitrogens with one attached hydrogen (secondary N) is 1. The lowest BCUT2D eigenvalue weighted by Gasteiger charge is -2.05. The lowest BCUT2D eigenvalue weighted by atomic mass is 10.2. The van der Waals surface area contributed by atoms with E-state index in [0.717, 1.165) is 11.8 Å². The molecule has 0 saturated carbocycles. The van der Waals surface area contributed by atoms with E-state index in [1.807, 2.05) is 0 Å². The standard InChI is InChI=1S/C13H12FNO3/c14-11-8-9(3-5-12(11)16)15-13(17)6-4-10-2-1-7-18-10/h1-3,5,7-8,16H,4,6H2,(H,15,17). The number of hydrogen-bond donors (Lipinski definition) is 2. The number of furan rings is 1. The van der Waals surface area contributed by atoms with E-state index in [1.54, 1.807) is 18.4 Å². The van der Waals surface area contributed by atoms with Gasteiger partial charge in [-0.25, -0.2) is 4.39 Å². The number of hydrogen-bond acceptors (Lipinski definition) is 3. The van der Waals surface area contributed by atoms with Crippen LogP contribution < -0.4 is 5.32 Å².